The lowest BCUT2D eigenvalue weighted by Crippen LogP contribution is -2.45. The molecule has 0 aromatic heterocycles. The van der Waals surface area contributed by atoms with E-state index in [1.807, 2.05) is 13.8 Å². The lowest BCUT2D eigenvalue weighted by Gasteiger charge is -2.29. The maximum absolute atomic E-state index is 12.0. The Bertz CT molecular complexity index is 436. The van der Waals surface area contributed by atoms with E-state index in [9.17, 15) is 15.0 Å². The molecular weight excluding hydrogens is 298 g/mol. The summed E-state index contributed by atoms with van der Waals surface area (Å²) in [7, 11) is 0. The number of halogens is 1. The lowest BCUT2D eigenvalue weighted by molar-refractivity contribution is 0.0901. The molecule has 0 heterocycles. The van der Waals surface area contributed by atoms with Crippen LogP contribution in [0.2, 0.25) is 0 Å². The van der Waals surface area contributed by atoms with Crippen molar-refractivity contribution in [1.82, 2.24) is 5.32 Å². The number of rotatable bonds is 5. The van der Waals surface area contributed by atoms with Gasteiger partial charge in [-0.2, -0.15) is 0 Å². The number of hydrogen-bond donors (Lipinski definition) is 3. The van der Waals surface area contributed by atoms with Gasteiger partial charge in [-0.1, -0.05) is 22.9 Å². The van der Waals surface area contributed by atoms with E-state index in [2.05, 4.69) is 21.2 Å². The average molecular weight is 316 g/mol. The van der Waals surface area contributed by atoms with Crippen LogP contribution in [-0.2, 0) is 0 Å². The van der Waals surface area contributed by atoms with Gasteiger partial charge < -0.3 is 15.5 Å². The Morgan fingerprint density at radius 2 is 2.06 bits per heavy atom. The van der Waals surface area contributed by atoms with E-state index < -0.39 is 0 Å². The van der Waals surface area contributed by atoms with Gasteiger partial charge in [-0.25, -0.2) is 0 Å². The second-order valence-electron chi connectivity index (χ2n) is 4.51. The molecule has 0 aliphatic rings. The largest absolute Gasteiger partial charge is 0.504 e. The number of nitrogens with one attached hydrogen (secondary N) is 1. The summed E-state index contributed by atoms with van der Waals surface area (Å²) >= 11 is 3.37. The van der Waals surface area contributed by atoms with Gasteiger partial charge in [0.1, 0.15) is 0 Å². The summed E-state index contributed by atoms with van der Waals surface area (Å²) in [6.07, 6.45) is 1.63. The second-order valence-corrected chi connectivity index (χ2v) is 5.30. The Hall–Kier alpha value is -1.23. The minimum absolute atomic E-state index is 0.231. The summed E-state index contributed by atoms with van der Waals surface area (Å²) in [6, 6.07) is 4.04. The minimum atomic E-state index is -0.290. The average Bonchev–Trinajstić information content (AvgIpc) is 2.32. The molecular formula is C13H18BrNO3. The normalized spacial score (nSPS) is 13.9. The van der Waals surface area contributed by atoms with Crippen LogP contribution < -0.4 is 5.32 Å². The van der Waals surface area contributed by atoms with E-state index in [0.29, 0.717) is 5.56 Å². The zero-order chi connectivity index (χ0) is 13.8. The van der Waals surface area contributed by atoms with Crippen LogP contribution in [0.1, 0.15) is 37.0 Å². The molecule has 0 spiro atoms. The first kappa shape index (κ1) is 14.8. The summed E-state index contributed by atoms with van der Waals surface area (Å²) in [4.78, 5) is 12.0. The van der Waals surface area contributed by atoms with Crippen molar-refractivity contribution in [2.75, 3.05) is 5.33 Å². The predicted octanol–water partition coefficient (Wildman–Crippen LogP) is 2.78. The van der Waals surface area contributed by atoms with Crippen molar-refractivity contribution in [2.24, 2.45) is 0 Å². The van der Waals surface area contributed by atoms with Gasteiger partial charge in [0.05, 0.1) is 0 Å². The molecule has 0 aliphatic heterocycles. The van der Waals surface area contributed by atoms with E-state index in [1.54, 1.807) is 0 Å². The fraction of sp³-hybridized carbons (Fsp3) is 0.462. The van der Waals surface area contributed by atoms with E-state index in [4.69, 9.17) is 0 Å². The Kier molecular flexibility index (Phi) is 5.02. The lowest BCUT2D eigenvalue weighted by atomic mass is 9.95. The van der Waals surface area contributed by atoms with Crippen molar-refractivity contribution >= 4 is 21.8 Å². The maximum Gasteiger partial charge on any atom is 0.251 e. The van der Waals surface area contributed by atoms with Crippen LogP contribution >= 0.6 is 15.9 Å². The molecule has 0 radical (unpaired) electrons. The van der Waals surface area contributed by atoms with E-state index in [-0.39, 0.29) is 22.9 Å². The van der Waals surface area contributed by atoms with Crippen molar-refractivity contribution in [3.63, 3.8) is 0 Å². The SMILES string of the molecule is CCC(C)(CCBr)NC(=O)c1ccc(O)c(O)c1. The van der Waals surface area contributed by atoms with Crippen molar-refractivity contribution in [3.8, 4) is 11.5 Å². The number of hydrogen-bond acceptors (Lipinski definition) is 3. The first-order chi connectivity index (χ1) is 8.41. The zero-order valence-corrected chi connectivity index (χ0v) is 12.1. The molecule has 0 saturated carbocycles. The second kappa shape index (κ2) is 6.09. The molecule has 1 atom stereocenters. The highest BCUT2D eigenvalue weighted by Gasteiger charge is 2.24. The molecule has 0 saturated heterocycles. The summed E-state index contributed by atoms with van der Waals surface area (Å²) in [5.41, 5.74) is 0.0493. The molecule has 1 amide bonds. The van der Waals surface area contributed by atoms with Crippen molar-refractivity contribution in [1.29, 1.82) is 0 Å². The van der Waals surface area contributed by atoms with Crippen LogP contribution in [-0.4, -0.2) is 27.0 Å². The zero-order valence-electron chi connectivity index (χ0n) is 10.5. The topological polar surface area (TPSA) is 69.6 Å². The molecule has 3 N–H and O–H groups in total. The van der Waals surface area contributed by atoms with Crippen LogP contribution in [0.4, 0.5) is 0 Å². The van der Waals surface area contributed by atoms with E-state index in [0.717, 1.165) is 18.2 Å². The number of phenolic OH excluding ortho intramolecular Hbond substituents is 2. The highest BCUT2D eigenvalue weighted by Crippen LogP contribution is 2.25. The van der Waals surface area contributed by atoms with Crippen molar-refractivity contribution < 1.29 is 15.0 Å². The predicted molar refractivity (Wildman–Crippen MR) is 74.3 cm³/mol. The van der Waals surface area contributed by atoms with E-state index in [1.165, 1.54) is 18.2 Å². The minimum Gasteiger partial charge on any atom is -0.504 e. The fourth-order valence-electron chi connectivity index (χ4n) is 1.55. The van der Waals surface area contributed by atoms with Crippen molar-refractivity contribution in [3.05, 3.63) is 23.8 Å². The van der Waals surface area contributed by atoms with Gasteiger partial charge in [0, 0.05) is 16.4 Å². The number of carbonyl (C=O) groups is 1. The Morgan fingerprint density at radius 3 is 2.56 bits per heavy atom. The molecule has 4 nitrogen and oxygen atoms in total. The number of phenols is 2. The molecule has 1 rings (SSSR count). The molecule has 5 heteroatoms. The Labute approximate surface area is 115 Å². The molecule has 1 aromatic rings. The van der Waals surface area contributed by atoms with E-state index >= 15 is 0 Å². The van der Waals surface area contributed by atoms with Gasteiger partial charge in [0.15, 0.2) is 11.5 Å². The third-order valence-corrected chi connectivity index (χ3v) is 3.48. The van der Waals surface area contributed by atoms with Crippen LogP contribution in [0, 0.1) is 0 Å². The number of benzene rings is 1. The number of aromatic hydroxyl groups is 2. The maximum atomic E-state index is 12.0. The van der Waals surface area contributed by atoms with Gasteiger partial charge in [0.25, 0.3) is 5.91 Å². The van der Waals surface area contributed by atoms with Gasteiger partial charge >= 0.3 is 0 Å². The van der Waals surface area contributed by atoms with Crippen LogP contribution in [0.25, 0.3) is 0 Å². The molecule has 100 valence electrons. The summed E-state index contributed by atoms with van der Waals surface area (Å²) < 4.78 is 0. The summed E-state index contributed by atoms with van der Waals surface area (Å²) in [5, 5.41) is 22.3. The third kappa shape index (κ3) is 3.63. The number of amides is 1. The monoisotopic (exact) mass is 315 g/mol. The fourth-order valence-corrected chi connectivity index (χ4v) is 2.42. The molecule has 0 bridgehead atoms. The van der Waals surface area contributed by atoms with Gasteiger partial charge in [-0.15, -0.1) is 0 Å². The highest BCUT2D eigenvalue weighted by molar-refractivity contribution is 9.09. The molecule has 0 aliphatic carbocycles. The molecule has 18 heavy (non-hydrogen) atoms. The van der Waals surface area contributed by atoms with Crippen LogP contribution in [0.5, 0.6) is 11.5 Å². The Balaban J connectivity index is 2.84. The van der Waals surface area contributed by atoms with Gasteiger partial charge in [-0.3, -0.25) is 4.79 Å². The molecule has 1 aromatic carbocycles. The third-order valence-electron chi connectivity index (χ3n) is 3.08. The van der Waals surface area contributed by atoms with Gasteiger partial charge in [0.2, 0.25) is 0 Å². The molecule has 1 unspecified atom stereocenters. The van der Waals surface area contributed by atoms with Crippen molar-refractivity contribution in [2.45, 2.75) is 32.2 Å². The molecule has 0 fully saturated rings. The first-order valence-electron chi connectivity index (χ1n) is 5.82. The van der Waals surface area contributed by atoms with Crippen LogP contribution in [0.15, 0.2) is 18.2 Å². The van der Waals surface area contributed by atoms with Gasteiger partial charge in [-0.05, 0) is 38.0 Å². The highest BCUT2D eigenvalue weighted by atomic mass is 79.9. The first-order valence-corrected chi connectivity index (χ1v) is 6.94. The smallest absolute Gasteiger partial charge is 0.251 e. The standard InChI is InChI=1S/C13H18BrNO3/c1-3-13(2,6-7-14)15-12(18)9-4-5-10(16)11(17)8-9/h4-5,8,16-17H,3,6-7H2,1-2H3,(H,15,18). The quantitative estimate of drug-likeness (QED) is 0.578. The number of alkyl halides is 1. The Morgan fingerprint density at radius 1 is 1.39 bits per heavy atom. The summed E-state index contributed by atoms with van der Waals surface area (Å²) in [6.45, 7) is 3.99. The van der Waals surface area contributed by atoms with Crippen LogP contribution in [0.3, 0.4) is 0 Å². The number of carbonyl (C=O) groups excluding carboxylic acids is 1. The summed E-state index contributed by atoms with van der Waals surface area (Å²) in [5.74, 6) is -0.776.